The van der Waals surface area contributed by atoms with Crippen LogP contribution in [0.25, 0.3) is 0 Å². The number of carbonyl (C=O) groups excluding carboxylic acids is 1. The lowest BCUT2D eigenvalue weighted by molar-refractivity contribution is 0.212. The van der Waals surface area contributed by atoms with Crippen molar-refractivity contribution in [3.8, 4) is 0 Å². The van der Waals surface area contributed by atoms with E-state index in [1.807, 2.05) is 4.90 Å². The molecule has 0 aromatic heterocycles. The highest BCUT2D eigenvalue weighted by Crippen LogP contribution is 2.19. The van der Waals surface area contributed by atoms with Crippen LogP contribution in [0.5, 0.6) is 0 Å². The molecule has 1 heterocycles. The van der Waals surface area contributed by atoms with E-state index in [4.69, 9.17) is 0 Å². The van der Waals surface area contributed by atoms with Crippen molar-refractivity contribution in [3.05, 3.63) is 0 Å². The molecule has 1 aliphatic rings. The summed E-state index contributed by atoms with van der Waals surface area (Å²) in [4.78, 5) is 15.1. The minimum absolute atomic E-state index is 0.470. The predicted octanol–water partition coefficient (Wildman–Crippen LogP) is 2.42. The van der Waals surface area contributed by atoms with Gasteiger partial charge < -0.3 is 9.80 Å². The van der Waals surface area contributed by atoms with Crippen LogP contribution in [-0.2, 0) is 4.79 Å². The minimum Gasteiger partial charge on any atom is -0.331 e. The Morgan fingerprint density at radius 1 is 1.24 bits per heavy atom. The van der Waals surface area contributed by atoms with Crippen LogP contribution >= 0.6 is 0 Å². The van der Waals surface area contributed by atoms with Gasteiger partial charge in [-0.25, -0.2) is 0 Å². The lowest BCUT2D eigenvalue weighted by atomic mass is 9.98. The van der Waals surface area contributed by atoms with Gasteiger partial charge in [-0.05, 0) is 51.7 Å². The SMILES string of the molecule is CCN(CC)CCCCC1CCCCN1[C]=O. The van der Waals surface area contributed by atoms with Crippen LogP contribution in [0.4, 0.5) is 0 Å². The van der Waals surface area contributed by atoms with E-state index >= 15 is 0 Å². The molecule has 0 saturated carbocycles. The molecule has 1 radical (unpaired) electrons. The fourth-order valence-electron chi connectivity index (χ4n) is 2.68. The van der Waals surface area contributed by atoms with Crippen molar-refractivity contribution >= 4 is 6.41 Å². The van der Waals surface area contributed by atoms with Crippen molar-refractivity contribution in [1.29, 1.82) is 0 Å². The van der Waals surface area contributed by atoms with E-state index in [0.29, 0.717) is 6.04 Å². The molecule has 0 aromatic rings. The van der Waals surface area contributed by atoms with Gasteiger partial charge in [0.1, 0.15) is 0 Å². The average Bonchev–Trinajstić information content (AvgIpc) is 2.39. The summed E-state index contributed by atoms with van der Waals surface area (Å²) in [6.07, 6.45) is 9.37. The number of piperidine rings is 1. The first-order valence-corrected chi connectivity index (χ1v) is 7.18. The summed E-state index contributed by atoms with van der Waals surface area (Å²) in [7, 11) is 0. The molecule has 0 aliphatic carbocycles. The Morgan fingerprint density at radius 3 is 2.65 bits per heavy atom. The van der Waals surface area contributed by atoms with Crippen LogP contribution in [0.1, 0.15) is 52.4 Å². The van der Waals surface area contributed by atoms with Gasteiger partial charge in [-0.1, -0.05) is 20.3 Å². The molecule has 3 heteroatoms. The van der Waals surface area contributed by atoms with Crippen molar-refractivity contribution in [2.24, 2.45) is 0 Å². The first-order valence-electron chi connectivity index (χ1n) is 7.18. The van der Waals surface area contributed by atoms with Crippen LogP contribution < -0.4 is 0 Å². The largest absolute Gasteiger partial charge is 0.331 e. The summed E-state index contributed by atoms with van der Waals surface area (Å²) in [5.41, 5.74) is 0. The number of hydrogen-bond donors (Lipinski definition) is 0. The van der Waals surface area contributed by atoms with Crippen LogP contribution in [0.3, 0.4) is 0 Å². The maximum atomic E-state index is 10.8. The van der Waals surface area contributed by atoms with Gasteiger partial charge in [0, 0.05) is 12.6 Å². The van der Waals surface area contributed by atoms with Gasteiger partial charge >= 0.3 is 6.41 Å². The molecule has 0 aromatic carbocycles. The molecule has 0 bridgehead atoms. The van der Waals surface area contributed by atoms with E-state index in [1.165, 1.54) is 32.2 Å². The van der Waals surface area contributed by atoms with Crippen LogP contribution in [0.15, 0.2) is 0 Å². The standard InChI is InChI=1S/C14H27N2O/c1-3-15(4-2)11-7-5-9-14-10-6-8-12-16(14)13-17/h14H,3-12H2,1-2H3. The molecule has 17 heavy (non-hydrogen) atoms. The third-order valence-corrected chi connectivity index (χ3v) is 3.90. The van der Waals surface area contributed by atoms with Gasteiger partial charge in [0.25, 0.3) is 0 Å². The Hall–Kier alpha value is -0.570. The lowest BCUT2D eigenvalue weighted by Crippen LogP contribution is -2.38. The third-order valence-electron chi connectivity index (χ3n) is 3.90. The quantitative estimate of drug-likeness (QED) is 0.607. The van der Waals surface area contributed by atoms with Crippen molar-refractivity contribution in [1.82, 2.24) is 9.80 Å². The number of likely N-dealkylation sites (tertiary alicyclic amines) is 1. The maximum absolute atomic E-state index is 10.8. The molecule has 1 amide bonds. The molecule has 1 rings (SSSR count). The van der Waals surface area contributed by atoms with Crippen molar-refractivity contribution in [2.45, 2.75) is 58.4 Å². The third kappa shape index (κ3) is 5.07. The first-order chi connectivity index (χ1) is 8.31. The Bertz CT molecular complexity index is 204. The molecule has 1 unspecified atom stereocenters. The highest BCUT2D eigenvalue weighted by atomic mass is 16.1. The van der Waals surface area contributed by atoms with Crippen molar-refractivity contribution in [3.63, 3.8) is 0 Å². The van der Waals surface area contributed by atoms with Gasteiger partial charge in [-0.15, -0.1) is 0 Å². The number of nitrogens with zero attached hydrogens (tertiary/aromatic N) is 2. The summed E-state index contributed by atoms with van der Waals surface area (Å²) in [5, 5.41) is 0. The number of hydrogen-bond acceptors (Lipinski definition) is 2. The second-order valence-corrected chi connectivity index (χ2v) is 4.96. The fourth-order valence-corrected chi connectivity index (χ4v) is 2.68. The molecule has 1 saturated heterocycles. The zero-order valence-electron chi connectivity index (χ0n) is 11.5. The van der Waals surface area contributed by atoms with Gasteiger partial charge in [0.05, 0.1) is 0 Å². The summed E-state index contributed by atoms with van der Waals surface area (Å²) < 4.78 is 0. The number of rotatable bonds is 8. The molecule has 3 nitrogen and oxygen atoms in total. The van der Waals surface area contributed by atoms with Gasteiger partial charge in [-0.2, -0.15) is 0 Å². The van der Waals surface area contributed by atoms with Crippen molar-refractivity contribution < 1.29 is 4.79 Å². The molecule has 1 aliphatic heterocycles. The van der Waals surface area contributed by atoms with E-state index < -0.39 is 0 Å². The van der Waals surface area contributed by atoms with Gasteiger partial charge in [0.2, 0.25) is 0 Å². The van der Waals surface area contributed by atoms with Gasteiger partial charge in [0.15, 0.2) is 0 Å². The molecular weight excluding hydrogens is 212 g/mol. The molecule has 99 valence electrons. The number of amides is 1. The Balaban J connectivity index is 2.14. The van der Waals surface area contributed by atoms with E-state index in [1.54, 1.807) is 0 Å². The second kappa shape index (κ2) is 8.51. The summed E-state index contributed by atoms with van der Waals surface area (Å²) >= 11 is 0. The minimum atomic E-state index is 0.470. The summed E-state index contributed by atoms with van der Waals surface area (Å²) in [6, 6.07) is 0.470. The van der Waals surface area contributed by atoms with E-state index in [0.717, 1.165) is 32.5 Å². The van der Waals surface area contributed by atoms with E-state index in [9.17, 15) is 4.79 Å². The second-order valence-electron chi connectivity index (χ2n) is 4.96. The molecule has 0 N–H and O–H groups in total. The maximum Gasteiger partial charge on any atom is 0.312 e. The molecule has 1 fully saturated rings. The average molecular weight is 239 g/mol. The molecule has 1 atom stereocenters. The lowest BCUT2D eigenvalue weighted by Gasteiger charge is -2.32. The summed E-state index contributed by atoms with van der Waals surface area (Å²) in [5.74, 6) is 0. The summed E-state index contributed by atoms with van der Waals surface area (Å²) in [6.45, 7) is 8.85. The van der Waals surface area contributed by atoms with Crippen molar-refractivity contribution in [2.75, 3.05) is 26.2 Å². The smallest absolute Gasteiger partial charge is 0.312 e. The Morgan fingerprint density at radius 2 is 2.00 bits per heavy atom. The monoisotopic (exact) mass is 239 g/mol. The van der Waals surface area contributed by atoms with Gasteiger partial charge in [-0.3, -0.25) is 4.79 Å². The number of unbranched alkanes of at least 4 members (excludes halogenated alkanes) is 1. The van der Waals surface area contributed by atoms with E-state index in [2.05, 4.69) is 25.2 Å². The van der Waals surface area contributed by atoms with Crippen LogP contribution in [-0.4, -0.2) is 48.4 Å². The topological polar surface area (TPSA) is 23.6 Å². The normalized spacial score (nSPS) is 20.9. The Labute approximate surface area is 106 Å². The highest BCUT2D eigenvalue weighted by Gasteiger charge is 2.20. The molecular formula is C14H27N2O. The highest BCUT2D eigenvalue weighted by molar-refractivity contribution is 5.48. The Kier molecular flexibility index (Phi) is 7.25. The van der Waals surface area contributed by atoms with Crippen LogP contribution in [0.2, 0.25) is 0 Å². The van der Waals surface area contributed by atoms with Crippen LogP contribution in [0, 0.1) is 0 Å². The fraction of sp³-hybridized carbons (Fsp3) is 0.929. The van der Waals surface area contributed by atoms with E-state index in [-0.39, 0.29) is 0 Å². The predicted molar refractivity (Wildman–Crippen MR) is 71.7 cm³/mol. The first kappa shape index (κ1) is 14.5. The molecule has 0 spiro atoms. The zero-order chi connectivity index (χ0) is 12.5. The zero-order valence-corrected chi connectivity index (χ0v) is 11.5.